The number of carbonyl (C=O) groups is 5. The predicted octanol–water partition coefficient (Wildman–Crippen LogP) is 4.54. The highest BCUT2D eigenvalue weighted by atomic mass is 32.2. The summed E-state index contributed by atoms with van der Waals surface area (Å²) in [6.45, 7) is 4.49. The Morgan fingerprint density at radius 1 is 0.896 bits per heavy atom. The van der Waals surface area contributed by atoms with Gasteiger partial charge in [-0.1, -0.05) is 44.6 Å². The van der Waals surface area contributed by atoms with Crippen molar-refractivity contribution < 1.29 is 46.3 Å². The van der Waals surface area contributed by atoms with Gasteiger partial charge in [-0.25, -0.2) is 8.42 Å². The molecule has 3 fully saturated rings. The van der Waals surface area contributed by atoms with Gasteiger partial charge in [0.05, 0.1) is 41.6 Å². The number of aromatic nitrogens is 2. The number of furan rings is 1. The molecule has 6 heterocycles. The normalized spacial score (nSPS) is 19.2. The lowest BCUT2D eigenvalue weighted by molar-refractivity contribution is -0.136. The second kappa shape index (κ2) is 20.9. The number of nitrogens with zero attached hydrogens (tertiary/aromatic N) is 5. The van der Waals surface area contributed by atoms with E-state index in [2.05, 4.69) is 20.5 Å². The van der Waals surface area contributed by atoms with Gasteiger partial charge in [0.2, 0.25) is 21.8 Å². The van der Waals surface area contributed by atoms with Crippen molar-refractivity contribution in [3.05, 3.63) is 76.2 Å². The van der Waals surface area contributed by atoms with Crippen molar-refractivity contribution in [3.8, 4) is 22.6 Å². The van der Waals surface area contributed by atoms with E-state index >= 15 is 0 Å². The number of amides is 5. The molecule has 5 amide bonds. The summed E-state index contributed by atoms with van der Waals surface area (Å²) in [6, 6.07) is 7.02. The van der Waals surface area contributed by atoms with Crippen LogP contribution in [-0.4, -0.2) is 119 Å². The Balaban J connectivity index is 0.699. The zero-order valence-electron chi connectivity index (χ0n) is 38.1. The number of fused-ring (bicyclic) bond motifs is 2. The molecule has 2 N–H and O–H groups in total. The number of benzene rings is 1. The van der Waals surface area contributed by atoms with Gasteiger partial charge in [0, 0.05) is 69.2 Å². The third kappa shape index (κ3) is 11.1. The average Bonchev–Trinajstić information content (AvgIpc) is 3.99. The van der Waals surface area contributed by atoms with Crippen LogP contribution in [0.15, 0.2) is 58.1 Å². The lowest BCUT2D eigenvalue weighted by Gasteiger charge is -2.38. The summed E-state index contributed by atoms with van der Waals surface area (Å²) >= 11 is 0. The van der Waals surface area contributed by atoms with Crippen molar-refractivity contribution in [2.75, 3.05) is 45.1 Å². The van der Waals surface area contributed by atoms with E-state index in [1.54, 1.807) is 40.6 Å². The summed E-state index contributed by atoms with van der Waals surface area (Å²) in [4.78, 5) is 83.3. The van der Waals surface area contributed by atoms with Crippen LogP contribution in [0.25, 0.3) is 22.1 Å². The summed E-state index contributed by atoms with van der Waals surface area (Å²) in [5, 5.41) is 5.47. The molecule has 19 heteroatoms. The maximum Gasteiger partial charge on any atom is 0.266 e. The lowest BCUT2D eigenvalue weighted by Crippen LogP contribution is -2.54. The number of hydrogen-bond acceptors (Lipinski definition) is 13. The number of piperazine rings is 1. The summed E-state index contributed by atoms with van der Waals surface area (Å²) in [5.74, 6) is -0.848. The Labute approximate surface area is 389 Å². The number of aryl methyl sites for hydroxylation is 1. The Morgan fingerprint density at radius 2 is 1.66 bits per heavy atom. The first-order valence-electron chi connectivity index (χ1n) is 23.4. The second-order valence-corrected chi connectivity index (χ2v) is 20.2. The van der Waals surface area contributed by atoms with E-state index in [1.165, 1.54) is 18.2 Å². The first-order chi connectivity index (χ1) is 32.3. The largest absolute Gasteiger partial charge is 0.491 e. The first-order valence-corrected chi connectivity index (χ1v) is 25.0. The molecule has 0 spiro atoms. The van der Waals surface area contributed by atoms with Crippen molar-refractivity contribution in [1.29, 1.82) is 0 Å². The minimum absolute atomic E-state index is 0.00958. The molecular formula is C48H59N7O11S. The van der Waals surface area contributed by atoms with Crippen molar-refractivity contribution in [1.82, 2.24) is 34.3 Å². The molecule has 8 rings (SSSR count). The topological polar surface area (TPSA) is 220 Å². The third-order valence-corrected chi connectivity index (χ3v) is 15.0. The molecule has 0 radical (unpaired) electrons. The van der Waals surface area contributed by atoms with Crippen molar-refractivity contribution in [2.24, 2.45) is 13.0 Å². The molecule has 4 aliphatic rings. The van der Waals surface area contributed by atoms with Crippen LogP contribution >= 0.6 is 0 Å². The number of ether oxygens (including phenoxy) is 2. The van der Waals surface area contributed by atoms with Gasteiger partial charge in [-0.05, 0) is 69.2 Å². The van der Waals surface area contributed by atoms with E-state index < -0.39 is 39.7 Å². The van der Waals surface area contributed by atoms with Crippen molar-refractivity contribution in [2.45, 2.75) is 103 Å². The highest BCUT2D eigenvalue weighted by molar-refractivity contribution is 7.89. The summed E-state index contributed by atoms with van der Waals surface area (Å²) < 4.78 is 48.1. The molecule has 4 aromatic rings. The van der Waals surface area contributed by atoms with Crippen LogP contribution in [-0.2, 0) is 38.0 Å². The number of sulfonamides is 1. The molecule has 1 aromatic carbocycles. The molecule has 358 valence electrons. The SMILES string of the molecule is CC1CN(S(=O)(=O)CCCCCCCCCCNC(=O)COc2cccc3c2C(=O)N(C2CCC(=O)NC2=O)C3=O)CCN1Cc1cc2c(=O)n(C)cc(-c3ccncc3OCC3CC3)c2o1. The monoisotopic (exact) mass is 941 g/mol. The van der Waals surface area contributed by atoms with Gasteiger partial charge in [0.25, 0.3) is 23.3 Å². The molecule has 2 unspecified atom stereocenters. The fourth-order valence-corrected chi connectivity index (χ4v) is 10.7. The zero-order valence-corrected chi connectivity index (χ0v) is 38.9. The third-order valence-electron chi connectivity index (χ3n) is 13.1. The fourth-order valence-electron chi connectivity index (χ4n) is 9.06. The molecule has 1 saturated carbocycles. The molecule has 1 aliphatic carbocycles. The highest BCUT2D eigenvalue weighted by Crippen LogP contribution is 2.37. The van der Waals surface area contributed by atoms with Gasteiger partial charge in [-0.3, -0.25) is 48.9 Å². The molecule has 18 nitrogen and oxygen atoms in total. The highest BCUT2D eigenvalue weighted by Gasteiger charge is 2.46. The predicted molar refractivity (Wildman–Crippen MR) is 247 cm³/mol. The van der Waals surface area contributed by atoms with Crippen LogP contribution in [0, 0.1) is 5.92 Å². The Kier molecular flexibility index (Phi) is 14.9. The molecule has 3 aromatic heterocycles. The van der Waals surface area contributed by atoms with Gasteiger partial charge in [0.1, 0.15) is 28.9 Å². The summed E-state index contributed by atoms with van der Waals surface area (Å²) in [6.07, 6.45) is 14.6. The van der Waals surface area contributed by atoms with Crippen LogP contribution in [0.3, 0.4) is 0 Å². The number of hydrogen-bond donors (Lipinski definition) is 2. The number of rotatable bonds is 22. The van der Waals surface area contributed by atoms with E-state index in [4.69, 9.17) is 13.9 Å². The van der Waals surface area contributed by atoms with Crippen LogP contribution in [0.4, 0.5) is 0 Å². The van der Waals surface area contributed by atoms with Crippen LogP contribution in [0.2, 0.25) is 0 Å². The van der Waals surface area contributed by atoms with Gasteiger partial charge in [-0.2, -0.15) is 4.31 Å². The molecule has 2 saturated heterocycles. The zero-order chi connectivity index (χ0) is 47.2. The molecular weight excluding hydrogens is 883 g/mol. The molecule has 67 heavy (non-hydrogen) atoms. The average molecular weight is 942 g/mol. The molecule has 2 atom stereocenters. The Hall–Kier alpha value is -5.92. The van der Waals surface area contributed by atoms with Crippen LogP contribution < -0.4 is 25.7 Å². The minimum Gasteiger partial charge on any atom is -0.491 e. The summed E-state index contributed by atoms with van der Waals surface area (Å²) in [7, 11) is -1.69. The van der Waals surface area contributed by atoms with Gasteiger partial charge >= 0.3 is 0 Å². The number of unbranched alkanes of at least 4 members (excludes halogenated alkanes) is 7. The maximum atomic E-state index is 13.4. The molecule has 3 aliphatic heterocycles. The number of carbonyl (C=O) groups excluding carboxylic acids is 5. The molecule has 0 bridgehead atoms. The van der Waals surface area contributed by atoms with E-state index in [0.29, 0.717) is 74.1 Å². The number of piperidine rings is 1. The number of nitrogens with one attached hydrogen (secondary N) is 2. The standard InChI is InChI=1S/C48H59N7O11S/c1-31-26-54(22-21-53(31)27-33-24-36-44(66-33)37(28-52(2)46(36)59)34-18-20-49-25-40(34)64-29-32-14-15-32)67(62,63)23-10-8-6-4-3-5-7-9-19-50-42(57)30-65-39-13-11-12-35-43(39)48(61)55(47(35)60)38-16-17-41(56)51-45(38)58/h11-13,18,20,24-25,28,31-32,38H,3-10,14-17,19,21-23,26-27,29-30H2,1-2H3,(H,50,57)(H,51,56,58). The van der Waals surface area contributed by atoms with Crippen LogP contribution in [0.1, 0.15) is 110 Å². The van der Waals surface area contributed by atoms with Crippen molar-refractivity contribution in [3.63, 3.8) is 0 Å². The van der Waals surface area contributed by atoms with Gasteiger partial charge < -0.3 is 23.8 Å². The first kappa shape index (κ1) is 47.6. The summed E-state index contributed by atoms with van der Waals surface area (Å²) in [5.41, 5.74) is 1.98. The van der Waals surface area contributed by atoms with Gasteiger partial charge in [0.15, 0.2) is 6.61 Å². The second-order valence-electron chi connectivity index (χ2n) is 18.1. The number of imide groups is 2. The van der Waals surface area contributed by atoms with Crippen LogP contribution in [0.5, 0.6) is 11.5 Å². The quantitative estimate of drug-likeness (QED) is 0.0818. The maximum absolute atomic E-state index is 13.4. The van der Waals surface area contributed by atoms with Crippen molar-refractivity contribution >= 4 is 50.5 Å². The van der Waals surface area contributed by atoms with Gasteiger partial charge in [-0.15, -0.1) is 0 Å². The Morgan fingerprint density at radius 3 is 2.40 bits per heavy atom. The fraction of sp³-hybridized carbons (Fsp3) is 0.521. The lowest BCUT2D eigenvalue weighted by atomic mass is 10.0. The van der Waals surface area contributed by atoms with E-state index in [1.807, 2.05) is 13.0 Å². The number of pyridine rings is 2. The minimum atomic E-state index is -3.42. The van der Waals surface area contributed by atoms with E-state index in [9.17, 15) is 37.2 Å². The Bertz CT molecular complexity index is 2690. The smallest absolute Gasteiger partial charge is 0.266 e. The van der Waals surface area contributed by atoms with E-state index in [0.717, 1.165) is 73.8 Å². The van der Waals surface area contributed by atoms with E-state index in [-0.39, 0.29) is 59.6 Å².